The summed E-state index contributed by atoms with van der Waals surface area (Å²) in [6, 6.07) is -0.0617. The lowest BCUT2D eigenvalue weighted by atomic mass is 10.2. The van der Waals surface area contributed by atoms with Crippen molar-refractivity contribution in [1.82, 2.24) is 14.7 Å². The second kappa shape index (κ2) is 8.16. The lowest BCUT2D eigenvalue weighted by Gasteiger charge is -2.33. The fourth-order valence-corrected chi connectivity index (χ4v) is 3.02. The van der Waals surface area contributed by atoms with Crippen LogP contribution >= 0.6 is 0 Å². The summed E-state index contributed by atoms with van der Waals surface area (Å²) in [5, 5.41) is 0. The minimum absolute atomic E-state index is 0.172. The molecule has 7 heteroatoms. The van der Waals surface area contributed by atoms with Crippen LogP contribution in [0, 0.1) is 0 Å². The molecule has 0 aromatic carbocycles. The molecule has 24 heavy (non-hydrogen) atoms. The highest BCUT2D eigenvalue weighted by atomic mass is 16.6. The lowest BCUT2D eigenvalue weighted by molar-refractivity contribution is 0.0179. The maximum Gasteiger partial charge on any atom is 0.418 e. The van der Waals surface area contributed by atoms with Crippen molar-refractivity contribution in [2.45, 2.75) is 52.2 Å². The second-order valence-corrected chi connectivity index (χ2v) is 7.55. The third-order valence-electron chi connectivity index (χ3n) is 4.39. The van der Waals surface area contributed by atoms with Gasteiger partial charge in [0.15, 0.2) is 0 Å². The first-order valence-electron chi connectivity index (χ1n) is 8.89. The Hall–Kier alpha value is -1.34. The minimum Gasteiger partial charge on any atom is -0.443 e. The normalized spacial score (nSPS) is 22.5. The van der Waals surface area contributed by atoms with E-state index in [4.69, 9.17) is 9.47 Å². The Bertz CT molecular complexity index is 444. The van der Waals surface area contributed by atoms with E-state index in [0.29, 0.717) is 32.8 Å². The summed E-state index contributed by atoms with van der Waals surface area (Å²) in [6.45, 7) is 12.2. The first kappa shape index (κ1) is 19.0. The van der Waals surface area contributed by atoms with Gasteiger partial charge in [-0.3, -0.25) is 4.90 Å². The number of ether oxygens (including phenoxy) is 2. The van der Waals surface area contributed by atoms with Crippen molar-refractivity contribution in [3.8, 4) is 0 Å². The maximum atomic E-state index is 12.9. The number of amides is 3. The molecule has 0 radical (unpaired) electrons. The summed E-state index contributed by atoms with van der Waals surface area (Å²) in [6.07, 6.45) is 1.41. The van der Waals surface area contributed by atoms with E-state index >= 15 is 0 Å². The molecular weight excluding hydrogens is 310 g/mol. The summed E-state index contributed by atoms with van der Waals surface area (Å²) in [5.41, 5.74) is -0.620. The number of morpholine rings is 1. The van der Waals surface area contributed by atoms with Crippen LogP contribution in [0.15, 0.2) is 0 Å². The Kier molecular flexibility index (Phi) is 6.46. The van der Waals surface area contributed by atoms with Gasteiger partial charge < -0.3 is 14.4 Å². The average Bonchev–Trinajstić information content (AvgIpc) is 2.92. The van der Waals surface area contributed by atoms with Crippen LogP contribution in [0.2, 0.25) is 0 Å². The first-order valence-corrected chi connectivity index (χ1v) is 8.89. The van der Waals surface area contributed by atoms with Crippen LogP contribution in [-0.4, -0.2) is 84.4 Å². The molecular formula is C17H31N3O4. The maximum absolute atomic E-state index is 12.9. The van der Waals surface area contributed by atoms with Crippen LogP contribution in [0.5, 0.6) is 0 Å². The van der Waals surface area contributed by atoms with Crippen molar-refractivity contribution in [3.63, 3.8) is 0 Å². The van der Waals surface area contributed by atoms with Crippen molar-refractivity contribution in [1.29, 1.82) is 0 Å². The monoisotopic (exact) mass is 341 g/mol. The second-order valence-electron chi connectivity index (χ2n) is 7.55. The van der Waals surface area contributed by atoms with Crippen LogP contribution in [0.4, 0.5) is 9.59 Å². The number of urea groups is 1. The number of nitrogens with zero attached hydrogens (tertiary/aromatic N) is 3. The molecule has 2 aliphatic rings. The van der Waals surface area contributed by atoms with Gasteiger partial charge in [0.2, 0.25) is 0 Å². The van der Waals surface area contributed by atoms with Crippen molar-refractivity contribution in [3.05, 3.63) is 0 Å². The predicted molar refractivity (Wildman–Crippen MR) is 91.0 cm³/mol. The zero-order chi connectivity index (χ0) is 17.7. The Morgan fingerprint density at radius 2 is 1.88 bits per heavy atom. The minimum atomic E-state index is -0.620. The SMILES string of the molecule is C[C@@H]1CCCN1C(=O)N(CCN1CCOCC1)C(=O)OC(C)(C)C. The molecule has 0 aromatic rings. The molecule has 0 spiro atoms. The van der Waals surface area contributed by atoms with Crippen molar-refractivity contribution in [2.75, 3.05) is 45.9 Å². The number of likely N-dealkylation sites (tertiary alicyclic amines) is 1. The molecule has 2 aliphatic heterocycles. The van der Waals surface area contributed by atoms with Gasteiger partial charge in [-0.1, -0.05) is 0 Å². The van der Waals surface area contributed by atoms with Crippen molar-refractivity contribution in [2.24, 2.45) is 0 Å². The summed E-state index contributed by atoms with van der Waals surface area (Å²) in [7, 11) is 0. The van der Waals surface area contributed by atoms with Gasteiger partial charge in [-0.15, -0.1) is 0 Å². The van der Waals surface area contributed by atoms with Gasteiger partial charge in [-0.2, -0.15) is 0 Å². The summed E-state index contributed by atoms with van der Waals surface area (Å²) >= 11 is 0. The highest BCUT2D eigenvalue weighted by Gasteiger charge is 2.34. The van der Waals surface area contributed by atoms with E-state index in [1.807, 2.05) is 27.7 Å². The van der Waals surface area contributed by atoms with E-state index in [1.165, 1.54) is 4.90 Å². The average molecular weight is 341 g/mol. The molecule has 2 rings (SSSR count). The highest BCUT2D eigenvalue weighted by molar-refractivity contribution is 5.91. The Morgan fingerprint density at radius 1 is 1.21 bits per heavy atom. The highest BCUT2D eigenvalue weighted by Crippen LogP contribution is 2.20. The van der Waals surface area contributed by atoms with Crippen LogP contribution in [0.1, 0.15) is 40.5 Å². The van der Waals surface area contributed by atoms with Crippen molar-refractivity contribution < 1.29 is 19.1 Å². The first-order chi connectivity index (χ1) is 11.3. The molecule has 0 aromatic heterocycles. The quantitative estimate of drug-likeness (QED) is 0.787. The zero-order valence-electron chi connectivity index (χ0n) is 15.4. The lowest BCUT2D eigenvalue weighted by Crippen LogP contribution is -2.52. The van der Waals surface area contributed by atoms with E-state index < -0.39 is 11.7 Å². The van der Waals surface area contributed by atoms with E-state index in [0.717, 1.165) is 25.9 Å². The van der Waals surface area contributed by atoms with E-state index in [1.54, 1.807) is 4.90 Å². The molecule has 2 fully saturated rings. The summed E-state index contributed by atoms with van der Waals surface area (Å²) < 4.78 is 10.8. The van der Waals surface area contributed by atoms with E-state index in [-0.39, 0.29) is 12.1 Å². The molecule has 2 heterocycles. The van der Waals surface area contributed by atoms with E-state index in [9.17, 15) is 9.59 Å². The largest absolute Gasteiger partial charge is 0.443 e. The molecule has 0 aliphatic carbocycles. The number of hydrogen-bond donors (Lipinski definition) is 0. The Labute approximate surface area is 144 Å². The van der Waals surface area contributed by atoms with Crippen LogP contribution in [0.25, 0.3) is 0 Å². The van der Waals surface area contributed by atoms with Gasteiger partial charge in [0, 0.05) is 38.8 Å². The Balaban J connectivity index is 2.02. The van der Waals surface area contributed by atoms with Gasteiger partial charge in [-0.25, -0.2) is 14.5 Å². The number of hydrogen-bond acceptors (Lipinski definition) is 5. The van der Waals surface area contributed by atoms with Crippen LogP contribution in [-0.2, 0) is 9.47 Å². The third kappa shape index (κ3) is 5.34. The van der Waals surface area contributed by atoms with E-state index in [2.05, 4.69) is 4.90 Å². The van der Waals surface area contributed by atoms with Gasteiger partial charge >= 0.3 is 12.1 Å². The molecule has 0 bridgehead atoms. The number of imide groups is 1. The number of rotatable bonds is 3. The fraction of sp³-hybridized carbons (Fsp3) is 0.882. The molecule has 138 valence electrons. The molecule has 7 nitrogen and oxygen atoms in total. The molecule has 0 saturated carbocycles. The predicted octanol–water partition coefficient (Wildman–Crippen LogP) is 2.16. The Morgan fingerprint density at radius 3 is 2.42 bits per heavy atom. The molecule has 3 amide bonds. The smallest absolute Gasteiger partial charge is 0.418 e. The van der Waals surface area contributed by atoms with Gasteiger partial charge in [0.1, 0.15) is 5.60 Å². The molecule has 2 saturated heterocycles. The van der Waals surface area contributed by atoms with Crippen molar-refractivity contribution >= 4 is 12.1 Å². The summed E-state index contributed by atoms with van der Waals surface area (Å²) in [4.78, 5) is 30.7. The standard InChI is InChI=1S/C17H31N3O4/c1-14-6-5-7-19(14)15(21)20(16(22)24-17(2,3)4)9-8-18-10-12-23-13-11-18/h14H,5-13H2,1-4H3/t14-/m1/s1. The van der Waals surface area contributed by atoms with Gasteiger partial charge in [0.05, 0.1) is 13.2 Å². The molecule has 0 unspecified atom stereocenters. The fourth-order valence-electron chi connectivity index (χ4n) is 3.02. The van der Waals surface area contributed by atoms with Crippen LogP contribution < -0.4 is 0 Å². The molecule has 1 atom stereocenters. The summed E-state index contributed by atoms with van der Waals surface area (Å²) in [5.74, 6) is 0. The van der Waals surface area contributed by atoms with Gasteiger partial charge in [0.25, 0.3) is 0 Å². The third-order valence-corrected chi connectivity index (χ3v) is 4.39. The number of carbonyl (C=O) groups is 2. The molecule has 0 N–H and O–H groups in total. The zero-order valence-corrected chi connectivity index (χ0v) is 15.4. The van der Waals surface area contributed by atoms with Gasteiger partial charge in [-0.05, 0) is 40.5 Å². The van der Waals surface area contributed by atoms with Crippen LogP contribution in [0.3, 0.4) is 0 Å². The topological polar surface area (TPSA) is 62.3 Å². The number of carbonyl (C=O) groups excluding carboxylic acids is 2.